The van der Waals surface area contributed by atoms with E-state index in [1.165, 1.54) is 0 Å². The summed E-state index contributed by atoms with van der Waals surface area (Å²) in [5.74, 6) is 0.102. The SMILES string of the molecule is CNC1CCN(C(=O)c2cnn(C(C)(C)C)c2)CC1.Cl. The largest absolute Gasteiger partial charge is 0.338 e. The van der Waals surface area contributed by atoms with E-state index in [4.69, 9.17) is 0 Å². The zero-order valence-electron chi connectivity index (χ0n) is 12.7. The highest BCUT2D eigenvalue weighted by Crippen LogP contribution is 2.16. The van der Waals surface area contributed by atoms with E-state index < -0.39 is 0 Å². The fraction of sp³-hybridized carbons (Fsp3) is 0.714. The molecule has 2 heterocycles. The van der Waals surface area contributed by atoms with Gasteiger partial charge in [-0.1, -0.05) is 0 Å². The maximum absolute atomic E-state index is 12.4. The zero-order chi connectivity index (χ0) is 14.0. The summed E-state index contributed by atoms with van der Waals surface area (Å²) in [6.45, 7) is 7.88. The number of piperidine rings is 1. The van der Waals surface area contributed by atoms with Gasteiger partial charge in [-0.05, 0) is 40.7 Å². The molecule has 1 saturated heterocycles. The molecule has 0 aliphatic carbocycles. The number of carbonyl (C=O) groups is 1. The van der Waals surface area contributed by atoms with Gasteiger partial charge in [0, 0.05) is 25.3 Å². The molecule has 5 nitrogen and oxygen atoms in total. The van der Waals surface area contributed by atoms with Crippen molar-refractivity contribution < 1.29 is 4.79 Å². The van der Waals surface area contributed by atoms with Crippen molar-refractivity contribution in [3.63, 3.8) is 0 Å². The first-order valence-corrected chi connectivity index (χ1v) is 6.93. The molecule has 0 radical (unpaired) electrons. The average Bonchev–Trinajstić information content (AvgIpc) is 2.87. The van der Waals surface area contributed by atoms with Crippen molar-refractivity contribution in [2.24, 2.45) is 0 Å². The van der Waals surface area contributed by atoms with Gasteiger partial charge in [-0.15, -0.1) is 12.4 Å². The summed E-state index contributed by atoms with van der Waals surface area (Å²) in [5, 5.41) is 7.56. The lowest BCUT2D eigenvalue weighted by Gasteiger charge is -2.31. The molecule has 2 rings (SSSR count). The Labute approximate surface area is 127 Å². The van der Waals surface area contributed by atoms with E-state index in [0.29, 0.717) is 11.6 Å². The fourth-order valence-electron chi connectivity index (χ4n) is 2.35. The smallest absolute Gasteiger partial charge is 0.257 e. The molecular formula is C14H25ClN4O. The van der Waals surface area contributed by atoms with Crippen LogP contribution in [0.2, 0.25) is 0 Å². The van der Waals surface area contributed by atoms with Crippen LogP contribution in [0.3, 0.4) is 0 Å². The number of amides is 1. The Balaban J connectivity index is 0.00000200. The van der Waals surface area contributed by atoms with Crippen LogP contribution in [-0.4, -0.2) is 46.8 Å². The molecule has 1 aromatic rings. The second-order valence-electron chi connectivity index (χ2n) is 6.20. The Bertz CT molecular complexity index is 444. The Morgan fingerprint density at radius 2 is 1.95 bits per heavy atom. The van der Waals surface area contributed by atoms with Gasteiger partial charge in [-0.25, -0.2) is 0 Å². The molecule has 114 valence electrons. The van der Waals surface area contributed by atoms with E-state index in [1.807, 2.05) is 22.8 Å². The first kappa shape index (κ1) is 17.0. The molecule has 0 spiro atoms. The van der Waals surface area contributed by atoms with Gasteiger partial charge in [0.05, 0.1) is 17.3 Å². The van der Waals surface area contributed by atoms with Gasteiger partial charge in [0.2, 0.25) is 0 Å². The number of carbonyl (C=O) groups excluding carboxylic acids is 1. The molecule has 0 saturated carbocycles. The van der Waals surface area contributed by atoms with E-state index in [1.54, 1.807) is 6.20 Å². The highest BCUT2D eigenvalue weighted by molar-refractivity contribution is 5.93. The third-order valence-corrected chi connectivity index (χ3v) is 3.71. The van der Waals surface area contributed by atoms with Crippen LogP contribution in [0.5, 0.6) is 0 Å². The van der Waals surface area contributed by atoms with Crippen LogP contribution < -0.4 is 5.32 Å². The lowest BCUT2D eigenvalue weighted by atomic mass is 10.0. The quantitative estimate of drug-likeness (QED) is 0.907. The normalized spacial score (nSPS) is 16.9. The van der Waals surface area contributed by atoms with Gasteiger partial charge in [-0.3, -0.25) is 9.48 Å². The predicted octanol–water partition coefficient (Wildman–Crippen LogP) is 1.88. The molecule has 1 fully saturated rings. The number of likely N-dealkylation sites (tertiary alicyclic amines) is 1. The zero-order valence-corrected chi connectivity index (χ0v) is 13.5. The molecule has 0 atom stereocenters. The molecule has 6 heteroatoms. The summed E-state index contributed by atoms with van der Waals surface area (Å²) in [6, 6.07) is 0.543. The van der Waals surface area contributed by atoms with Gasteiger partial charge in [0.25, 0.3) is 5.91 Å². The molecule has 1 N–H and O–H groups in total. The Morgan fingerprint density at radius 1 is 1.35 bits per heavy atom. The van der Waals surface area contributed by atoms with Crippen LogP contribution in [0, 0.1) is 0 Å². The van der Waals surface area contributed by atoms with Crippen molar-refractivity contribution in [1.82, 2.24) is 20.0 Å². The van der Waals surface area contributed by atoms with Gasteiger partial charge < -0.3 is 10.2 Å². The number of hydrogen-bond acceptors (Lipinski definition) is 3. The number of halogens is 1. The van der Waals surface area contributed by atoms with Crippen LogP contribution in [0.4, 0.5) is 0 Å². The summed E-state index contributed by atoms with van der Waals surface area (Å²) in [6.07, 6.45) is 5.58. The Morgan fingerprint density at radius 3 is 2.40 bits per heavy atom. The van der Waals surface area contributed by atoms with Crippen molar-refractivity contribution in [2.45, 2.75) is 45.2 Å². The summed E-state index contributed by atoms with van der Waals surface area (Å²) in [5.41, 5.74) is 0.607. The third-order valence-electron chi connectivity index (χ3n) is 3.71. The summed E-state index contributed by atoms with van der Waals surface area (Å²) < 4.78 is 1.85. The molecule has 1 aliphatic heterocycles. The minimum Gasteiger partial charge on any atom is -0.338 e. The third kappa shape index (κ3) is 3.73. The van der Waals surface area contributed by atoms with Gasteiger partial charge >= 0.3 is 0 Å². The number of hydrogen-bond donors (Lipinski definition) is 1. The molecule has 1 amide bonds. The van der Waals surface area contributed by atoms with E-state index >= 15 is 0 Å². The minimum absolute atomic E-state index is 0. The van der Waals surface area contributed by atoms with Gasteiger partial charge in [-0.2, -0.15) is 5.10 Å². The van der Waals surface area contributed by atoms with Crippen molar-refractivity contribution in [2.75, 3.05) is 20.1 Å². The Hall–Kier alpha value is -1.07. The lowest BCUT2D eigenvalue weighted by Crippen LogP contribution is -2.43. The molecule has 0 unspecified atom stereocenters. The van der Waals surface area contributed by atoms with E-state index in [0.717, 1.165) is 25.9 Å². The minimum atomic E-state index is -0.0857. The van der Waals surface area contributed by atoms with Crippen LogP contribution in [0.25, 0.3) is 0 Å². The maximum Gasteiger partial charge on any atom is 0.257 e. The molecule has 0 aromatic carbocycles. The van der Waals surface area contributed by atoms with Crippen LogP contribution in [-0.2, 0) is 5.54 Å². The second-order valence-corrected chi connectivity index (χ2v) is 6.20. The lowest BCUT2D eigenvalue weighted by molar-refractivity contribution is 0.0707. The summed E-state index contributed by atoms with van der Waals surface area (Å²) in [7, 11) is 1.98. The standard InChI is InChI=1S/C14H24N4O.ClH/c1-14(2,3)18-10-11(9-16-18)13(19)17-7-5-12(15-4)6-8-17;/h9-10,12,15H,5-8H2,1-4H3;1H. The van der Waals surface area contributed by atoms with E-state index in [9.17, 15) is 4.79 Å². The molecule has 1 aromatic heterocycles. The van der Waals surface area contributed by atoms with Crippen molar-refractivity contribution in [3.8, 4) is 0 Å². The van der Waals surface area contributed by atoms with Crippen LogP contribution in [0.1, 0.15) is 44.0 Å². The highest BCUT2D eigenvalue weighted by Gasteiger charge is 2.24. The molecule has 20 heavy (non-hydrogen) atoms. The maximum atomic E-state index is 12.4. The fourth-order valence-corrected chi connectivity index (χ4v) is 2.35. The number of rotatable bonds is 2. The second kappa shape index (κ2) is 6.59. The highest BCUT2D eigenvalue weighted by atomic mass is 35.5. The number of nitrogens with zero attached hydrogens (tertiary/aromatic N) is 3. The first-order valence-electron chi connectivity index (χ1n) is 6.93. The van der Waals surface area contributed by atoms with E-state index in [2.05, 4.69) is 31.2 Å². The van der Waals surface area contributed by atoms with Crippen molar-refractivity contribution in [1.29, 1.82) is 0 Å². The molecular weight excluding hydrogens is 276 g/mol. The van der Waals surface area contributed by atoms with Crippen LogP contribution in [0.15, 0.2) is 12.4 Å². The Kier molecular flexibility index (Phi) is 5.59. The summed E-state index contributed by atoms with van der Waals surface area (Å²) >= 11 is 0. The van der Waals surface area contributed by atoms with E-state index in [-0.39, 0.29) is 23.9 Å². The molecule has 1 aliphatic rings. The predicted molar refractivity (Wildman–Crippen MR) is 82.5 cm³/mol. The van der Waals surface area contributed by atoms with Crippen molar-refractivity contribution >= 4 is 18.3 Å². The summed E-state index contributed by atoms with van der Waals surface area (Å²) in [4.78, 5) is 14.3. The average molecular weight is 301 g/mol. The van der Waals surface area contributed by atoms with Crippen molar-refractivity contribution in [3.05, 3.63) is 18.0 Å². The van der Waals surface area contributed by atoms with Crippen LogP contribution >= 0.6 is 12.4 Å². The van der Waals surface area contributed by atoms with Gasteiger partial charge in [0.1, 0.15) is 0 Å². The van der Waals surface area contributed by atoms with Gasteiger partial charge in [0.15, 0.2) is 0 Å². The topological polar surface area (TPSA) is 50.2 Å². The molecule has 0 bridgehead atoms. The monoisotopic (exact) mass is 300 g/mol. The first-order chi connectivity index (χ1) is 8.91. The number of aromatic nitrogens is 2. The number of nitrogens with one attached hydrogen (secondary N) is 1.